The number of nitrogens with zero attached hydrogens (tertiary/aromatic N) is 2. The van der Waals surface area contributed by atoms with Gasteiger partial charge in [-0.3, -0.25) is 5.41 Å². The highest BCUT2D eigenvalue weighted by molar-refractivity contribution is 5.76. The van der Waals surface area contributed by atoms with Gasteiger partial charge in [-0.1, -0.05) is 0 Å². The Kier molecular flexibility index (Phi) is 1.60. The first-order chi connectivity index (χ1) is 5.77. The van der Waals surface area contributed by atoms with Crippen molar-refractivity contribution in [2.75, 3.05) is 6.54 Å². The summed E-state index contributed by atoms with van der Waals surface area (Å²) in [6, 6.07) is 0. The molecular weight excluding hydrogens is 152 g/mol. The molecule has 0 fully saturated rings. The van der Waals surface area contributed by atoms with Crippen LogP contribution in [-0.2, 0) is 13.0 Å². The van der Waals surface area contributed by atoms with Crippen molar-refractivity contribution in [2.45, 2.75) is 19.9 Å². The summed E-state index contributed by atoms with van der Waals surface area (Å²) in [5.74, 6) is 0.634. The molecule has 4 heteroatoms. The van der Waals surface area contributed by atoms with E-state index in [1.165, 1.54) is 0 Å². The minimum absolute atomic E-state index is 0.634. The molecular formula is C8H12N4. The second kappa shape index (κ2) is 2.62. The van der Waals surface area contributed by atoms with Crippen LogP contribution in [0.2, 0.25) is 0 Å². The summed E-state index contributed by atoms with van der Waals surface area (Å²) in [5, 5.41) is 7.47. The van der Waals surface area contributed by atoms with E-state index in [0.717, 1.165) is 30.9 Å². The molecule has 2 heterocycles. The van der Waals surface area contributed by atoms with Crippen LogP contribution >= 0.6 is 0 Å². The SMILES string of the molecule is CC(=N)N1CCc2nc[nH]c2C1. The maximum Gasteiger partial charge on any atom is 0.0929 e. The second-order valence-corrected chi connectivity index (χ2v) is 3.08. The summed E-state index contributed by atoms with van der Waals surface area (Å²) in [7, 11) is 0. The summed E-state index contributed by atoms with van der Waals surface area (Å²) in [6.07, 6.45) is 2.68. The van der Waals surface area contributed by atoms with E-state index in [2.05, 4.69) is 9.97 Å². The van der Waals surface area contributed by atoms with Gasteiger partial charge < -0.3 is 9.88 Å². The molecule has 0 atom stereocenters. The van der Waals surface area contributed by atoms with E-state index in [4.69, 9.17) is 5.41 Å². The van der Waals surface area contributed by atoms with Crippen LogP contribution in [0.3, 0.4) is 0 Å². The number of hydrogen-bond acceptors (Lipinski definition) is 2. The third-order valence-corrected chi connectivity index (χ3v) is 2.25. The molecule has 1 aliphatic rings. The topological polar surface area (TPSA) is 55.8 Å². The van der Waals surface area contributed by atoms with Gasteiger partial charge in [0.25, 0.3) is 0 Å². The van der Waals surface area contributed by atoms with Gasteiger partial charge in [-0.15, -0.1) is 0 Å². The van der Waals surface area contributed by atoms with Crippen molar-refractivity contribution in [3.8, 4) is 0 Å². The van der Waals surface area contributed by atoms with Gasteiger partial charge in [0.2, 0.25) is 0 Å². The van der Waals surface area contributed by atoms with E-state index >= 15 is 0 Å². The lowest BCUT2D eigenvalue weighted by Crippen LogP contribution is -2.33. The van der Waals surface area contributed by atoms with Gasteiger partial charge in [0, 0.05) is 13.0 Å². The highest BCUT2D eigenvalue weighted by Crippen LogP contribution is 2.14. The number of aromatic nitrogens is 2. The molecule has 2 N–H and O–H groups in total. The molecule has 1 aromatic rings. The number of hydrogen-bond donors (Lipinski definition) is 2. The van der Waals surface area contributed by atoms with Gasteiger partial charge in [0.15, 0.2) is 0 Å². The van der Waals surface area contributed by atoms with Gasteiger partial charge in [0.05, 0.1) is 30.1 Å². The summed E-state index contributed by atoms with van der Waals surface area (Å²) < 4.78 is 0. The van der Waals surface area contributed by atoms with Gasteiger partial charge in [-0.25, -0.2) is 4.98 Å². The Morgan fingerprint density at radius 1 is 1.75 bits per heavy atom. The van der Waals surface area contributed by atoms with Crippen molar-refractivity contribution in [3.05, 3.63) is 17.7 Å². The zero-order chi connectivity index (χ0) is 8.55. The first-order valence-electron chi connectivity index (χ1n) is 4.08. The Labute approximate surface area is 71.1 Å². The molecule has 1 aromatic heterocycles. The van der Waals surface area contributed by atoms with Crippen molar-refractivity contribution < 1.29 is 0 Å². The van der Waals surface area contributed by atoms with Crippen LogP contribution in [0.4, 0.5) is 0 Å². The maximum atomic E-state index is 7.47. The molecule has 0 aliphatic carbocycles. The molecule has 0 aromatic carbocycles. The lowest BCUT2D eigenvalue weighted by atomic mass is 10.1. The first-order valence-corrected chi connectivity index (χ1v) is 4.08. The number of rotatable bonds is 0. The van der Waals surface area contributed by atoms with Crippen molar-refractivity contribution in [1.29, 1.82) is 5.41 Å². The first kappa shape index (κ1) is 7.34. The third-order valence-electron chi connectivity index (χ3n) is 2.25. The molecule has 0 saturated carbocycles. The molecule has 1 aliphatic heterocycles. The fourth-order valence-corrected chi connectivity index (χ4v) is 1.50. The van der Waals surface area contributed by atoms with Crippen molar-refractivity contribution in [2.24, 2.45) is 0 Å². The molecule has 12 heavy (non-hydrogen) atoms. The molecule has 0 bridgehead atoms. The zero-order valence-electron chi connectivity index (χ0n) is 7.09. The Hall–Kier alpha value is -1.32. The van der Waals surface area contributed by atoms with Crippen LogP contribution in [-0.4, -0.2) is 27.2 Å². The fraction of sp³-hybridized carbons (Fsp3) is 0.500. The summed E-state index contributed by atoms with van der Waals surface area (Å²) >= 11 is 0. The van der Waals surface area contributed by atoms with Crippen LogP contribution < -0.4 is 0 Å². The standard InChI is InChI=1S/C8H12N4/c1-6(9)12-3-2-7-8(4-12)11-5-10-7/h5,9H,2-4H2,1H3,(H,10,11). The maximum absolute atomic E-state index is 7.47. The van der Waals surface area contributed by atoms with Crippen LogP contribution in [0.1, 0.15) is 18.3 Å². The lowest BCUT2D eigenvalue weighted by molar-refractivity contribution is 0.382. The van der Waals surface area contributed by atoms with E-state index < -0.39 is 0 Å². The normalized spacial score (nSPS) is 15.9. The van der Waals surface area contributed by atoms with E-state index in [1.54, 1.807) is 6.33 Å². The third kappa shape index (κ3) is 1.09. The van der Waals surface area contributed by atoms with Crippen molar-refractivity contribution >= 4 is 5.84 Å². The average Bonchev–Trinajstić information content (AvgIpc) is 2.49. The number of H-pyrrole nitrogens is 1. The second-order valence-electron chi connectivity index (χ2n) is 3.08. The van der Waals surface area contributed by atoms with Gasteiger partial charge in [-0.2, -0.15) is 0 Å². The van der Waals surface area contributed by atoms with Crippen molar-refractivity contribution in [3.63, 3.8) is 0 Å². The fourth-order valence-electron chi connectivity index (χ4n) is 1.50. The number of amidine groups is 1. The monoisotopic (exact) mass is 164 g/mol. The smallest absolute Gasteiger partial charge is 0.0929 e. The molecule has 0 unspecified atom stereocenters. The molecule has 4 nitrogen and oxygen atoms in total. The molecule has 0 spiro atoms. The number of imidazole rings is 1. The quantitative estimate of drug-likeness (QED) is 0.439. The number of aromatic amines is 1. The number of nitrogens with one attached hydrogen (secondary N) is 2. The molecule has 2 rings (SSSR count). The van der Waals surface area contributed by atoms with Crippen molar-refractivity contribution in [1.82, 2.24) is 14.9 Å². The summed E-state index contributed by atoms with van der Waals surface area (Å²) in [4.78, 5) is 9.33. The molecule has 0 saturated heterocycles. The van der Waals surface area contributed by atoms with E-state index in [1.807, 2.05) is 11.8 Å². The summed E-state index contributed by atoms with van der Waals surface area (Å²) in [6.45, 7) is 3.55. The average molecular weight is 164 g/mol. The van der Waals surface area contributed by atoms with E-state index in [-0.39, 0.29) is 0 Å². The van der Waals surface area contributed by atoms with Crippen LogP contribution in [0, 0.1) is 5.41 Å². The lowest BCUT2D eigenvalue weighted by Gasteiger charge is -2.26. The number of fused-ring (bicyclic) bond motifs is 1. The Bertz CT molecular complexity index is 302. The minimum Gasteiger partial charge on any atom is -0.355 e. The Morgan fingerprint density at radius 3 is 3.33 bits per heavy atom. The highest BCUT2D eigenvalue weighted by atomic mass is 15.2. The predicted octanol–water partition coefficient (Wildman–Crippen LogP) is 0.765. The molecule has 0 amide bonds. The highest BCUT2D eigenvalue weighted by Gasteiger charge is 2.17. The van der Waals surface area contributed by atoms with Gasteiger partial charge >= 0.3 is 0 Å². The van der Waals surface area contributed by atoms with E-state index in [9.17, 15) is 0 Å². The van der Waals surface area contributed by atoms with Crippen LogP contribution in [0.15, 0.2) is 6.33 Å². The van der Waals surface area contributed by atoms with Crippen LogP contribution in [0.25, 0.3) is 0 Å². The van der Waals surface area contributed by atoms with Gasteiger partial charge in [0.1, 0.15) is 0 Å². The largest absolute Gasteiger partial charge is 0.355 e. The predicted molar refractivity (Wildman–Crippen MR) is 46.1 cm³/mol. The molecule has 0 radical (unpaired) electrons. The minimum atomic E-state index is 0.634. The van der Waals surface area contributed by atoms with E-state index in [0.29, 0.717) is 5.84 Å². The zero-order valence-corrected chi connectivity index (χ0v) is 7.09. The van der Waals surface area contributed by atoms with Gasteiger partial charge in [-0.05, 0) is 6.92 Å². The Morgan fingerprint density at radius 2 is 2.58 bits per heavy atom. The van der Waals surface area contributed by atoms with Crippen LogP contribution in [0.5, 0.6) is 0 Å². The summed E-state index contributed by atoms with van der Waals surface area (Å²) in [5.41, 5.74) is 2.32. The molecule has 64 valence electrons. The Balaban J connectivity index is 2.20.